The summed E-state index contributed by atoms with van der Waals surface area (Å²) in [5.41, 5.74) is 0.457. The summed E-state index contributed by atoms with van der Waals surface area (Å²) in [4.78, 5) is 0. The van der Waals surface area contributed by atoms with Crippen molar-refractivity contribution in [3.63, 3.8) is 0 Å². The number of hydrogen-bond acceptors (Lipinski definition) is 1. The fraction of sp³-hybridized carbons (Fsp3) is 0.600. The minimum absolute atomic E-state index is 0.200. The normalized spacial score (nSPS) is 31.2. The first-order chi connectivity index (χ1) is 8.08. The van der Waals surface area contributed by atoms with Gasteiger partial charge in [-0.2, -0.15) is 0 Å². The molecule has 3 atom stereocenters. The summed E-state index contributed by atoms with van der Waals surface area (Å²) < 4.78 is 13.6. The van der Waals surface area contributed by atoms with E-state index in [9.17, 15) is 9.50 Å². The molecule has 94 valence electrons. The van der Waals surface area contributed by atoms with E-state index in [0.29, 0.717) is 17.4 Å². The van der Waals surface area contributed by atoms with E-state index in [-0.39, 0.29) is 11.7 Å². The van der Waals surface area contributed by atoms with Crippen molar-refractivity contribution in [3.8, 4) is 0 Å². The van der Waals surface area contributed by atoms with Gasteiger partial charge in [-0.15, -0.1) is 0 Å². The molecule has 3 unspecified atom stereocenters. The van der Waals surface area contributed by atoms with Gasteiger partial charge < -0.3 is 5.11 Å². The summed E-state index contributed by atoms with van der Waals surface area (Å²) in [5.74, 6) is 1.17. The Morgan fingerprint density at radius 2 is 1.71 bits per heavy atom. The first-order valence-electron chi connectivity index (χ1n) is 6.50. The van der Waals surface area contributed by atoms with E-state index >= 15 is 0 Å². The van der Waals surface area contributed by atoms with Gasteiger partial charge in [0.2, 0.25) is 0 Å². The third kappa shape index (κ3) is 2.86. The third-order valence-corrected chi connectivity index (χ3v) is 3.89. The van der Waals surface area contributed by atoms with Crippen LogP contribution in [0.15, 0.2) is 24.3 Å². The van der Waals surface area contributed by atoms with Crippen molar-refractivity contribution in [1.82, 2.24) is 0 Å². The van der Waals surface area contributed by atoms with E-state index in [0.717, 1.165) is 12.8 Å². The van der Waals surface area contributed by atoms with Gasteiger partial charge >= 0.3 is 0 Å². The third-order valence-electron chi connectivity index (χ3n) is 3.89. The lowest BCUT2D eigenvalue weighted by atomic mass is 9.73. The summed E-state index contributed by atoms with van der Waals surface area (Å²) in [6, 6.07) is 6.58. The summed E-state index contributed by atoms with van der Waals surface area (Å²) in [6.45, 7) is 4.44. The maximum Gasteiger partial charge on any atom is 0.129 e. The summed E-state index contributed by atoms with van der Waals surface area (Å²) in [5, 5.41) is 10.3. The molecule has 17 heavy (non-hydrogen) atoms. The second-order valence-electron chi connectivity index (χ2n) is 5.64. The Morgan fingerprint density at radius 1 is 1.12 bits per heavy atom. The van der Waals surface area contributed by atoms with Gasteiger partial charge in [0.25, 0.3) is 0 Å². The van der Waals surface area contributed by atoms with E-state index < -0.39 is 6.10 Å². The molecule has 1 nitrogen and oxygen atoms in total. The van der Waals surface area contributed by atoms with Crippen LogP contribution < -0.4 is 0 Å². The molecular formula is C15H21FO. The summed E-state index contributed by atoms with van der Waals surface area (Å²) in [6.07, 6.45) is 2.57. The molecule has 0 bridgehead atoms. The smallest absolute Gasteiger partial charge is 0.129 e. The Balaban J connectivity index is 2.14. The summed E-state index contributed by atoms with van der Waals surface area (Å²) >= 11 is 0. The molecule has 0 aliphatic heterocycles. The van der Waals surface area contributed by atoms with Gasteiger partial charge in [0.05, 0.1) is 6.10 Å². The number of aliphatic hydroxyl groups is 1. The molecule has 0 spiro atoms. The quantitative estimate of drug-likeness (QED) is 0.824. The van der Waals surface area contributed by atoms with Gasteiger partial charge in [-0.25, -0.2) is 4.39 Å². The van der Waals surface area contributed by atoms with Gasteiger partial charge in [-0.1, -0.05) is 32.0 Å². The maximum atomic E-state index is 13.6. The Labute approximate surface area is 103 Å². The standard InChI is InChI=1S/C15H21FO/c1-10-7-11(2)9-12(8-10)15(17)13-5-3-4-6-14(13)16/h3-6,10-12,15,17H,7-9H2,1-2H3. The monoisotopic (exact) mass is 236 g/mol. The molecule has 1 aliphatic carbocycles. The zero-order chi connectivity index (χ0) is 12.4. The highest BCUT2D eigenvalue weighted by atomic mass is 19.1. The van der Waals surface area contributed by atoms with Gasteiger partial charge in [0, 0.05) is 5.56 Å². The van der Waals surface area contributed by atoms with Gasteiger partial charge in [-0.05, 0) is 43.1 Å². The minimum Gasteiger partial charge on any atom is -0.388 e. The van der Waals surface area contributed by atoms with E-state index in [1.807, 2.05) is 0 Å². The van der Waals surface area contributed by atoms with Gasteiger partial charge in [0.15, 0.2) is 0 Å². The van der Waals surface area contributed by atoms with Crippen LogP contribution in [0.2, 0.25) is 0 Å². The molecule has 1 aromatic carbocycles. The minimum atomic E-state index is -0.651. The van der Waals surface area contributed by atoms with Crippen LogP contribution in [0.5, 0.6) is 0 Å². The molecular weight excluding hydrogens is 215 g/mol. The second-order valence-corrected chi connectivity index (χ2v) is 5.64. The first-order valence-corrected chi connectivity index (χ1v) is 6.50. The van der Waals surface area contributed by atoms with Crippen LogP contribution >= 0.6 is 0 Å². The fourth-order valence-electron chi connectivity index (χ4n) is 3.24. The summed E-state index contributed by atoms with van der Waals surface area (Å²) in [7, 11) is 0. The molecule has 1 saturated carbocycles. The molecule has 0 aromatic heterocycles. The Hall–Kier alpha value is -0.890. The van der Waals surface area contributed by atoms with Crippen molar-refractivity contribution in [2.24, 2.45) is 17.8 Å². The van der Waals surface area contributed by atoms with Crippen molar-refractivity contribution < 1.29 is 9.50 Å². The lowest BCUT2D eigenvalue weighted by molar-refractivity contribution is 0.0526. The van der Waals surface area contributed by atoms with Crippen molar-refractivity contribution >= 4 is 0 Å². The molecule has 0 radical (unpaired) electrons. The lowest BCUT2D eigenvalue weighted by Gasteiger charge is -2.34. The fourth-order valence-corrected chi connectivity index (χ4v) is 3.24. The molecule has 2 heteroatoms. The Bertz CT molecular complexity index is 367. The molecule has 0 heterocycles. The zero-order valence-electron chi connectivity index (χ0n) is 10.6. The number of hydrogen-bond donors (Lipinski definition) is 1. The Kier molecular flexibility index (Phi) is 3.82. The van der Waals surface area contributed by atoms with Crippen LogP contribution in [0.3, 0.4) is 0 Å². The molecule has 1 aliphatic rings. The molecule has 1 aromatic rings. The SMILES string of the molecule is CC1CC(C)CC(C(O)c2ccccc2F)C1. The largest absolute Gasteiger partial charge is 0.388 e. The molecule has 2 rings (SSSR count). The molecule has 0 amide bonds. The van der Waals surface area contributed by atoms with Gasteiger partial charge in [0.1, 0.15) is 5.82 Å². The highest BCUT2D eigenvalue weighted by Gasteiger charge is 2.30. The van der Waals surface area contributed by atoms with Crippen LogP contribution in [0, 0.1) is 23.6 Å². The Morgan fingerprint density at radius 3 is 2.29 bits per heavy atom. The average molecular weight is 236 g/mol. The zero-order valence-corrected chi connectivity index (χ0v) is 10.6. The van der Waals surface area contributed by atoms with Crippen LogP contribution in [0.25, 0.3) is 0 Å². The van der Waals surface area contributed by atoms with Crippen LogP contribution in [-0.4, -0.2) is 5.11 Å². The van der Waals surface area contributed by atoms with Crippen LogP contribution in [0.1, 0.15) is 44.8 Å². The van der Waals surface area contributed by atoms with E-state index in [4.69, 9.17) is 0 Å². The van der Waals surface area contributed by atoms with Crippen molar-refractivity contribution in [1.29, 1.82) is 0 Å². The number of halogens is 1. The van der Waals surface area contributed by atoms with E-state index in [1.165, 1.54) is 12.5 Å². The maximum absolute atomic E-state index is 13.6. The van der Waals surface area contributed by atoms with Gasteiger partial charge in [-0.3, -0.25) is 0 Å². The predicted octanol–water partition coefficient (Wildman–Crippen LogP) is 3.93. The van der Waals surface area contributed by atoms with E-state index in [2.05, 4.69) is 13.8 Å². The van der Waals surface area contributed by atoms with Crippen LogP contribution in [-0.2, 0) is 0 Å². The molecule has 1 fully saturated rings. The van der Waals surface area contributed by atoms with E-state index in [1.54, 1.807) is 18.2 Å². The average Bonchev–Trinajstić information content (AvgIpc) is 2.27. The lowest BCUT2D eigenvalue weighted by Crippen LogP contribution is -2.25. The predicted molar refractivity (Wildman–Crippen MR) is 67.0 cm³/mol. The highest BCUT2D eigenvalue weighted by Crippen LogP contribution is 2.40. The number of benzene rings is 1. The number of rotatable bonds is 2. The van der Waals surface area contributed by atoms with Crippen molar-refractivity contribution in [2.45, 2.75) is 39.2 Å². The van der Waals surface area contributed by atoms with Crippen molar-refractivity contribution in [3.05, 3.63) is 35.6 Å². The number of aliphatic hydroxyl groups excluding tert-OH is 1. The van der Waals surface area contributed by atoms with Crippen molar-refractivity contribution in [2.75, 3.05) is 0 Å². The second kappa shape index (κ2) is 5.18. The first kappa shape index (κ1) is 12.6. The molecule has 0 saturated heterocycles. The highest BCUT2D eigenvalue weighted by molar-refractivity contribution is 5.20. The molecule has 1 N–H and O–H groups in total. The van der Waals surface area contributed by atoms with Crippen LogP contribution in [0.4, 0.5) is 4.39 Å². The topological polar surface area (TPSA) is 20.2 Å².